The van der Waals surface area contributed by atoms with E-state index in [1.807, 2.05) is 4.90 Å². The second kappa shape index (κ2) is 9.37. The van der Waals surface area contributed by atoms with Crippen molar-refractivity contribution < 1.29 is 9.94 Å². The minimum atomic E-state index is -0.461. The lowest BCUT2D eigenvalue weighted by Gasteiger charge is -2.55. The summed E-state index contributed by atoms with van der Waals surface area (Å²) in [6, 6.07) is 0.588. The van der Waals surface area contributed by atoms with Gasteiger partial charge in [-0.1, -0.05) is 0 Å². The number of morpholine rings is 1. The van der Waals surface area contributed by atoms with Crippen LogP contribution in [0.4, 0.5) is 11.9 Å². The van der Waals surface area contributed by atoms with Crippen molar-refractivity contribution in [1.29, 1.82) is 0 Å². The lowest BCUT2D eigenvalue weighted by Crippen LogP contribution is -2.67. The Morgan fingerprint density at radius 1 is 0.914 bits per heavy atom. The molecule has 3 saturated heterocycles. The van der Waals surface area contributed by atoms with E-state index in [1.54, 1.807) is 6.33 Å². The molecular formula is C25H46N8O2. The second-order valence-corrected chi connectivity index (χ2v) is 13.3. The smallest absolute Gasteiger partial charge is 0.230 e. The first kappa shape index (κ1) is 26.5. The van der Waals surface area contributed by atoms with Crippen LogP contribution in [0, 0.1) is 0 Å². The Balaban J connectivity index is 1.72. The van der Waals surface area contributed by atoms with Gasteiger partial charge in [-0.2, -0.15) is 10.5 Å². The molecule has 1 atom stereocenters. The predicted octanol–water partition coefficient (Wildman–Crippen LogP) is 2.44. The minimum absolute atomic E-state index is 0.00268. The van der Waals surface area contributed by atoms with Gasteiger partial charge in [-0.3, -0.25) is 0 Å². The van der Waals surface area contributed by atoms with E-state index in [1.165, 1.54) is 0 Å². The summed E-state index contributed by atoms with van der Waals surface area (Å²) >= 11 is 0. The topological polar surface area (TPSA) is 111 Å². The zero-order chi connectivity index (χ0) is 25.6. The van der Waals surface area contributed by atoms with E-state index < -0.39 is 6.23 Å². The number of rotatable bonds is 5. The van der Waals surface area contributed by atoms with Crippen LogP contribution in [0.3, 0.4) is 0 Å². The van der Waals surface area contributed by atoms with Crippen molar-refractivity contribution in [3.63, 3.8) is 0 Å². The van der Waals surface area contributed by atoms with Gasteiger partial charge < -0.3 is 30.4 Å². The predicted molar refractivity (Wildman–Crippen MR) is 138 cm³/mol. The van der Waals surface area contributed by atoms with Crippen LogP contribution in [-0.2, 0) is 4.74 Å². The van der Waals surface area contributed by atoms with Crippen LogP contribution in [0.2, 0.25) is 0 Å². The van der Waals surface area contributed by atoms with E-state index in [2.05, 4.69) is 81.4 Å². The Labute approximate surface area is 210 Å². The Bertz CT molecular complexity index is 820. The average molecular weight is 491 g/mol. The molecule has 0 saturated carbocycles. The number of nitrogens with zero attached hydrogens (tertiary/aromatic N) is 5. The number of hydrogen-bond acceptors (Lipinski definition) is 10. The van der Waals surface area contributed by atoms with E-state index in [9.17, 15) is 5.21 Å². The molecule has 1 aromatic heterocycles. The van der Waals surface area contributed by atoms with E-state index in [0.717, 1.165) is 31.6 Å². The number of hydrogen-bond donors (Lipinski definition) is 4. The molecule has 3 fully saturated rings. The van der Waals surface area contributed by atoms with Crippen LogP contribution >= 0.6 is 0 Å². The third-order valence-electron chi connectivity index (χ3n) is 7.39. The van der Waals surface area contributed by atoms with Gasteiger partial charge in [0.2, 0.25) is 11.9 Å². The molecule has 0 aromatic carbocycles. The number of aromatic nitrogens is 3. The van der Waals surface area contributed by atoms with Crippen molar-refractivity contribution in [2.45, 2.75) is 122 Å². The summed E-state index contributed by atoms with van der Waals surface area (Å²) in [6.07, 6.45) is 5.21. The summed E-state index contributed by atoms with van der Waals surface area (Å²) in [5.74, 6) is 1.37. The molecule has 1 aromatic rings. The highest BCUT2D eigenvalue weighted by atomic mass is 16.6. The van der Waals surface area contributed by atoms with E-state index in [0.29, 0.717) is 37.7 Å². The largest absolute Gasteiger partial charge is 0.358 e. The maximum atomic E-state index is 9.36. The third-order valence-corrected chi connectivity index (χ3v) is 7.39. The molecule has 0 spiro atoms. The summed E-state index contributed by atoms with van der Waals surface area (Å²) in [5.41, 5.74) is 2.23. The van der Waals surface area contributed by atoms with E-state index in [-0.39, 0.29) is 22.2 Å². The summed E-state index contributed by atoms with van der Waals surface area (Å²) in [7, 11) is 0. The first-order valence-corrected chi connectivity index (χ1v) is 13.0. The average Bonchev–Trinajstić information content (AvgIpc) is 2.70. The molecule has 0 amide bonds. The van der Waals surface area contributed by atoms with E-state index in [4.69, 9.17) is 14.7 Å². The maximum absolute atomic E-state index is 9.36. The van der Waals surface area contributed by atoms with Crippen LogP contribution in [-0.4, -0.2) is 80.3 Å². The van der Waals surface area contributed by atoms with E-state index >= 15 is 0 Å². The monoisotopic (exact) mass is 490 g/mol. The number of anilines is 2. The summed E-state index contributed by atoms with van der Waals surface area (Å²) in [6.45, 7) is 20.0. The zero-order valence-corrected chi connectivity index (χ0v) is 22.9. The molecule has 0 bridgehead atoms. The number of ether oxygens (including phenoxy) is 1. The van der Waals surface area contributed by atoms with Crippen molar-refractivity contribution in [1.82, 2.24) is 31.1 Å². The van der Waals surface area contributed by atoms with Gasteiger partial charge in [-0.05, 0) is 81.1 Å². The highest BCUT2D eigenvalue weighted by molar-refractivity contribution is 5.41. The third kappa shape index (κ3) is 6.40. The Morgan fingerprint density at radius 2 is 1.43 bits per heavy atom. The molecule has 4 N–H and O–H groups in total. The maximum Gasteiger partial charge on any atom is 0.230 e. The minimum Gasteiger partial charge on any atom is -0.358 e. The molecule has 10 heteroatoms. The highest BCUT2D eigenvalue weighted by Crippen LogP contribution is 2.39. The zero-order valence-electron chi connectivity index (χ0n) is 22.9. The number of nitrogens with one attached hydrogen (secondary N) is 3. The molecule has 1 unspecified atom stereocenters. The fourth-order valence-corrected chi connectivity index (χ4v) is 7.02. The molecular weight excluding hydrogens is 444 g/mol. The standard InChI is InChI=1S/C25H46N8O2/c1-22(2)11-17(12-23(3,4)30-22)33(18-13-24(5,6)31-25(7,8)14-18)21-27-16-26-20(28-21)32-9-10-35-19(15-32)29-34/h16-19,29-31,34H,9-15H2,1-8H3. The van der Waals surface area contributed by atoms with Crippen molar-refractivity contribution in [3.8, 4) is 0 Å². The highest BCUT2D eigenvalue weighted by Gasteiger charge is 2.46. The fourth-order valence-electron chi connectivity index (χ4n) is 7.02. The van der Waals surface area contributed by atoms with Gasteiger partial charge in [-0.25, -0.2) is 9.97 Å². The van der Waals surface area contributed by atoms with Gasteiger partial charge in [0.25, 0.3) is 0 Å². The molecule has 10 nitrogen and oxygen atoms in total. The van der Waals surface area contributed by atoms with Gasteiger partial charge >= 0.3 is 0 Å². The first-order chi connectivity index (χ1) is 16.2. The fraction of sp³-hybridized carbons (Fsp3) is 0.880. The van der Waals surface area contributed by atoms with Gasteiger partial charge in [-0.15, -0.1) is 0 Å². The lowest BCUT2D eigenvalue weighted by molar-refractivity contribution is -0.0585. The Hall–Kier alpha value is -1.59. The summed E-state index contributed by atoms with van der Waals surface area (Å²) in [4.78, 5) is 18.9. The molecule has 0 radical (unpaired) electrons. The van der Waals surface area contributed by atoms with Gasteiger partial charge in [0.05, 0.1) is 13.2 Å². The number of piperidine rings is 2. The molecule has 198 valence electrons. The lowest BCUT2D eigenvalue weighted by atomic mass is 9.75. The van der Waals surface area contributed by atoms with Crippen molar-refractivity contribution in [2.24, 2.45) is 0 Å². The molecule has 0 aliphatic carbocycles. The second-order valence-electron chi connectivity index (χ2n) is 13.3. The summed E-state index contributed by atoms with van der Waals surface area (Å²) in [5, 5.41) is 17.0. The quantitative estimate of drug-likeness (QED) is 0.459. The molecule has 3 aliphatic heterocycles. The Morgan fingerprint density at radius 3 is 1.91 bits per heavy atom. The van der Waals surface area contributed by atoms with Crippen LogP contribution in [0.5, 0.6) is 0 Å². The van der Waals surface area contributed by atoms with Gasteiger partial charge in [0.15, 0.2) is 0 Å². The van der Waals surface area contributed by atoms with Gasteiger partial charge in [0, 0.05) is 40.8 Å². The molecule has 3 aliphatic rings. The number of hydroxylamine groups is 1. The SMILES string of the molecule is CC1(C)CC(N(c2ncnc(N3CCOC(NO)C3)n2)C2CC(C)(C)NC(C)(C)C2)CC(C)(C)N1. The van der Waals surface area contributed by atoms with Crippen molar-refractivity contribution >= 4 is 11.9 Å². The summed E-state index contributed by atoms with van der Waals surface area (Å²) < 4.78 is 5.54. The molecule has 4 rings (SSSR count). The van der Waals surface area contributed by atoms with Crippen LogP contribution in [0.25, 0.3) is 0 Å². The van der Waals surface area contributed by atoms with Crippen molar-refractivity contribution in [2.75, 3.05) is 29.5 Å². The van der Waals surface area contributed by atoms with Crippen molar-refractivity contribution in [3.05, 3.63) is 6.33 Å². The van der Waals surface area contributed by atoms with Crippen LogP contribution < -0.4 is 25.9 Å². The molecule has 4 heterocycles. The van der Waals surface area contributed by atoms with Crippen LogP contribution in [0.15, 0.2) is 6.33 Å². The van der Waals surface area contributed by atoms with Crippen LogP contribution in [0.1, 0.15) is 81.1 Å². The normalized spacial score (nSPS) is 28.6. The Kier molecular flexibility index (Phi) is 7.09. The first-order valence-electron chi connectivity index (χ1n) is 13.0. The van der Waals surface area contributed by atoms with Gasteiger partial charge in [0.1, 0.15) is 12.6 Å². The molecule has 35 heavy (non-hydrogen) atoms.